The second kappa shape index (κ2) is 5.09. The fraction of sp³-hybridized carbons (Fsp3) is 0.462. The summed E-state index contributed by atoms with van der Waals surface area (Å²) in [5.41, 5.74) is -2.24. The van der Waals surface area contributed by atoms with E-state index in [2.05, 4.69) is 5.32 Å². The quantitative estimate of drug-likeness (QED) is 0.564. The molecular weight excluding hydrogens is 264 g/mol. The number of benzene rings is 1. The number of carboxylic acids is 1. The zero-order valence-corrected chi connectivity index (χ0v) is 11.8. The molecule has 0 bridgehead atoms. The van der Waals surface area contributed by atoms with E-state index in [1.807, 2.05) is 0 Å². The summed E-state index contributed by atoms with van der Waals surface area (Å²) < 4.78 is 0. The van der Waals surface area contributed by atoms with Gasteiger partial charge in [-0.2, -0.15) is 0 Å². The van der Waals surface area contributed by atoms with Crippen LogP contribution in [0.5, 0.6) is 0 Å². The van der Waals surface area contributed by atoms with Gasteiger partial charge in [-0.3, -0.25) is 10.1 Å². The maximum atomic E-state index is 11.2. The predicted molar refractivity (Wildman–Crippen MR) is 74.1 cm³/mol. The Hall–Kier alpha value is -2.15. The molecule has 0 atom stereocenters. The van der Waals surface area contributed by atoms with E-state index in [4.69, 9.17) is 5.11 Å². The van der Waals surface area contributed by atoms with Crippen LogP contribution >= 0.6 is 0 Å². The van der Waals surface area contributed by atoms with Crippen molar-refractivity contribution in [3.8, 4) is 0 Å². The molecule has 0 heterocycles. The number of hydrogen-bond acceptors (Lipinski definition) is 5. The summed E-state index contributed by atoms with van der Waals surface area (Å²) in [6.45, 7) is 6.59. The van der Waals surface area contributed by atoms with Gasteiger partial charge < -0.3 is 15.5 Å². The van der Waals surface area contributed by atoms with E-state index in [1.165, 1.54) is 12.1 Å². The van der Waals surface area contributed by atoms with Crippen molar-refractivity contribution in [1.82, 2.24) is 0 Å². The topological polar surface area (TPSA) is 113 Å². The van der Waals surface area contributed by atoms with Crippen molar-refractivity contribution in [1.29, 1.82) is 0 Å². The molecule has 0 aliphatic rings. The van der Waals surface area contributed by atoms with E-state index in [9.17, 15) is 20.0 Å². The Morgan fingerprint density at radius 2 is 1.85 bits per heavy atom. The molecule has 7 nitrogen and oxygen atoms in total. The Morgan fingerprint density at radius 1 is 1.30 bits per heavy atom. The number of anilines is 1. The molecular formula is C13H18N2O5. The Kier molecular flexibility index (Phi) is 4.04. The largest absolute Gasteiger partial charge is 0.478 e. The molecule has 0 aliphatic carbocycles. The maximum Gasteiger partial charge on any atom is 0.338 e. The number of nitro groups is 1. The van der Waals surface area contributed by atoms with Crippen LogP contribution in [0.2, 0.25) is 0 Å². The lowest BCUT2D eigenvalue weighted by atomic mass is 9.85. The molecule has 0 amide bonds. The number of nitrogens with zero attached hydrogens (tertiary/aromatic N) is 1. The molecule has 0 fully saturated rings. The van der Waals surface area contributed by atoms with Gasteiger partial charge in [0.05, 0.1) is 21.6 Å². The first-order valence-corrected chi connectivity index (χ1v) is 5.98. The highest BCUT2D eigenvalue weighted by Crippen LogP contribution is 2.29. The molecule has 0 radical (unpaired) electrons. The second-order valence-corrected chi connectivity index (χ2v) is 5.60. The number of carboxylic acid groups (broad SMARTS) is 1. The SMILES string of the molecule is CC(C)(O)C(C)(C)Nc1ccc([N+](=O)[O-])cc1C(=O)O. The minimum absolute atomic E-state index is 0.212. The van der Waals surface area contributed by atoms with Crippen LogP contribution in [0.1, 0.15) is 38.1 Å². The van der Waals surface area contributed by atoms with Crippen LogP contribution in [-0.4, -0.2) is 32.2 Å². The van der Waals surface area contributed by atoms with Gasteiger partial charge in [0.1, 0.15) is 0 Å². The minimum atomic E-state index is -1.28. The van der Waals surface area contributed by atoms with Gasteiger partial charge in [-0.15, -0.1) is 0 Å². The normalized spacial score (nSPS) is 12.1. The van der Waals surface area contributed by atoms with Gasteiger partial charge in [0.25, 0.3) is 5.69 Å². The van der Waals surface area contributed by atoms with E-state index in [-0.39, 0.29) is 16.9 Å². The summed E-state index contributed by atoms with van der Waals surface area (Å²) in [6, 6.07) is 3.54. The number of non-ortho nitro benzene ring substituents is 1. The van der Waals surface area contributed by atoms with Gasteiger partial charge >= 0.3 is 5.97 Å². The number of nitro benzene ring substituents is 1. The standard InChI is InChI=1S/C13H18N2O5/c1-12(2,13(3,4)18)14-10-6-5-8(15(19)20)7-9(10)11(16)17/h5-7,14,18H,1-4H3,(H,16,17). The van der Waals surface area contributed by atoms with Gasteiger partial charge in [-0.1, -0.05) is 0 Å². The number of aromatic carboxylic acids is 1. The molecule has 0 aliphatic heterocycles. The molecule has 1 aromatic rings. The maximum absolute atomic E-state index is 11.2. The van der Waals surface area contributed by atoms with E-state index < -0.39 is 22.0 Å². The summed E-state index contributed by atoms with van der Waals surface area (Å²) >= 11 is 0. The summed E-state index contributed by atoms with van der Waals surface area (Å²) in [5, 5.41) is 32.8. The number of rotatable bonds is 5. The third kappa shape index (κ3) is 3.24. The van der Waals surface area contributed by atoms with Crippen molar-refractivity contribution < 1.29 is 19.9 Å². The monoisotopic (exact) mass is 282 g/mol. The van der Waals surface area contributed by atoms with Crippen LogP contribution in [0, 0.1) is 10.1 Å². The van der Waals surface area contributed by atoms with Crippen LogP contribution in [-0.2, 0) is 0 Å². The molecule has 0 spiro atoms. The van der Waals surface area contributed by atoms with Crippen molar-refractivity contribution >= 4 is 17.3 Å². The first-order chi connectivity index (χ1) is 8.95. The lowest BCUT2D eigenvalue weighted by molar-refractivity contribution is -0.384. The molecule has 0 aromatic heterocycles. The Balaban J connectivity index is 3.26. The summed E-state index contributed by atoms with van der Waals surface area (Å²) in [7, 11) is 0. The van der Waals surface area contributed by atoms with Crippen molar-refractivity contribution in [2.45, 2.75) is 38.8 Å². The zero-order chi connectivity index (χ0) is 15.7. The molecule has 7 heteroatoms. The first kappa shape index (κ1) is 15.9. The van der Waals surface area contributed by atoms with Gasteiger partial charge in [-0.25, -0.2) is 4.79 Å². The molecule has 0 unspecified atom stereocenters. The fourth-order valence-electron chi connectivity index (χ4n) is 1.42. The Bertz CT molecular complexity index is 546. The Morgan fingerprint density at radius 3 is 2.25 bits per heavy atom. The first-order valence-electron chi connectivity index (χ1n) is 5.98. The Labute approximate surface area is 116 Å². The van der Waals surface area contributed by atoms with Crippen LogP contribution in [0.3, 0.4) is 0 Å². The molecule has 0 saturated carbocycles. The van der Waals surface area contributed by atoms with Gasteiger partial charge in [-0.05, 0) is 33.8 Å². The molecule has 20 heavy (non-hydrogen) atoms. The zero-order valence-electron chi connectivity index (χ0n) is 11.8. The molecule has 3 N–H and O–H groups in total. The van der Waals surface area contributed by atoms with Crippen molar-refractivity contribution in [2.24, 2.45) is 0 Å². The number of nitrogens with one attached hydrogen (secondary N) is 1. The highest BCUT2D eigenvalue weighted by molar-refractivity contribution is 5.95. The second-order valence-electron chi connectivity index (χ2n) is 5.60. The van der Waals surface area contributed by atoms with Crippen LogP contribution in [0.25, 0.3) is 0 Å². The predicted octanol–water partition coefficient (Wildman–Crippen LogP) is 2.25. The number of carbonyl (C=O) groups is 1. The van der Waals surface area contributed by atoms with Crippen LogP contribution in [0.4, 0.5) is 11.4 Å². The van der Waals surface area contributed by atoms with E-state index in [1.54, 1.807) is 27.7 Å². The van der Waals surface area contributed by atoms with Gasteiger partial charge in [0.15, 0.2) is 0 Å². The van der Waals surface area contributed by atoms with Crippen molar-refractivity contribution in [3.63, 3.8) is 0 Å². The lowest BCUT2D eigenvalue weighted by Gasteiger charge is -2.39. The van der Waals surface area contributed by atoms with Gasteiger partial charge in [0, 0.05) is 17.8 Å². The minimum Gasteiger partial charge on any atom is -0.478 e. The van der Waals surface area contributed by atoms with Crippen molar-refractivity contribution in [3.05, 3.63) is 33.9 Å². The van der Waals surface area contributed by atoms with E-state index >= 15 is 0 Å². The lowest BCUT2D eigenvalue weighted by Crippen LogP contribution is -2.51. The third-order valence-corrected chi connectivity index (χ3v) is 3.42. The highest BCUT2D eigenvalue weighted by Gasteiger charge is 2.35. The van der Waals surface area contributed by atoms with Gasteiger partial charge in [0.2, 0.25) is 0 Å². The molecule has 110 valence electrons. The smallest absolute Gasteiger partial charge is 0.338 e. The summed E-state index contributed by atoms with van der Waals surface area (Å²) in [6.07, 6.45) is 0. The number of hydrogen-bond donors (Lipinski definition) is 3. The number of aliphatic hydroxyl groups is 1. The van der Waals surface area contributed by atoms with Crippen molar-refractivity contribution in [2.75, 3.05) is 5.32 Å². The summed E-state index contributed by atoms with van der Waals surface area (Å²) in [4.78, 5) is 21.2. The van der Waals surface area contributed by atoms with E-state index in [0.29, 0.717) is 0 Å². The molecule has 1 rings (SSSR count). The highest BCUT2D eigenvalue weighted by atomic mass is 16.6. The molecule has 0 saturated heterocycles. The average Bonchev–Trinajstić information content (AvgIpc) is 2.26. The fourth-order valence-corrected chi connectivity index (χ4v) is 1.42. The summed E-state index contributed by atoms with van der Waals surface area (Å²) in [5.74, 6) is -1.28. The molecule has 1 aromatic carbocycles. The van der Waals surface area contributed by atoms with Crippen LogP contribution in [0.15, 0.2) is 18.2 Å². The average molecular weight is 282 g/mol. The van der Waals surface area contributed by atoms with Crippen LogP contribution < -0.4 is 5.32 Å². The van der Waals surface area contributed by atoms with E-state index in [0.717, 1.165) is 6.07 Å². The third-order valence-electron chi connectivity index (χ3n) is 3.42.